The van der Waals surface area contributed by atoms with E-state index in [-0.39, 0.29) is 11.6 Å². The van der Waals surface area contributed by atoms with E-state index in [0.29, 0.717) is 23.4 Å². The third kappa shape index (κ3) is 3.43. The van der Waals surface area contributed by atoms with Gasteiger partial charge in [-0.1, -0.05) is 11.6 Å². The number of halogens is 1. The second-order valence-corrected chi connectivity index (χ2v) is 6.45. The Morgan fingerprint density at radius 2 is 2.15 bits per heavy atom. The molecule has 0 unspecified atom stereocenters. The highest BCUT2D eigenvalue weighted by Crippen LogP contribution is 2.30. The zero-order chi connectivity index (χ0) is 14.9. The first kappa shape index (κ1) is 14.7. The fraction of sp³-hybridized carbons (Fsp3) is 0.467. The molecule has 106 valence electrons. The van der Waals surface area contributed by atoms with Crippen LogP contribution in [0.25, 0.3) is 0 Å². The average Bonchev–Trinajstić information content (AvgIpc) is 2.66. The fourth-order valence-electron chi connectivity index (χ4n) is 2.33. The number of ether oxygens (including phenoxy) is 1. The van der Waals surface area contributed by atoms with Gasteiger partial charge in [0.25, 0.3) is 0 Å². The standard InChI is InChI=1S/C15H17ClN2O2/c1-15(2,3)18-14(19)20-12-6-9-4-11(16)5-10(8-17)13(9)7-12/h4-5,12H,6-7H2,1-3H3,(H,18,19)/t12-/m0/s1. The number of hydrogen-bond donors (Lipinski definition) is 1. The number of nitrogens with zero attached hydrogens (tertiary/aromatic N) is 1. The summed E-state index contributed by atoms with van der Waals surface area (Å²) in [7, 11) is 0. The average molecular weight is 293 g/mol. The minimum absolute atomic E-state index is 0.238. The second kappa shape index (κ2) is 5.34. The summed E-state index contributed by atoms with van der Waals surface area (Å²) in [4.78, 5) is 11.8. The van der Waals surface area contributed by atoms with Gasteiger partial charge in [0.15, 0.2) is 0 Å². The van der Waals surface area contributed by atoms with Gasteiger partial charge in [0.1, 0.15) is 6.10 Å². The highest BCUT2D eigenvalue weighted by Gasteiger charge is 2.28. The largest absolute Gasteiger partial charge is 0.446 e. The molecule has 1 aliphatic rings. The van der Waals surface area contributed by atoms with Gasteiger partial charge in [0.05, 0.1) is 11.6 Å². The van der Waals surface area contributed by atoms with Crippen LogP contribution in [-0.4, -0.2) is 17.7 Å². The minimum atomic E-state index is -0.431. The Kier molecular flexibility index (Phi) is 3.92. The molecule has 1 aliphatic carbocycles. The SMILES string of the molecule is CC(C)(C)NC(=O)O[C@H]1Cc2cc(Cl)cc(C#N)c2C1. The third-order valence-corrected chi connectivity index (χ3v) is 3.28. The molecule has 0 spiro atoms. The van der Waals surface area contributed by atoms with Crippen molar-refractivity contribution in [3.63, 3.8) is 0 Å². The van der Waals surface area contributed by atoms with Crippen molar-refractivity contribution >= 4 is 17.7 Å². The summed E-state index contributed by atoms with van der Waals surface area (Å²) in [5, 5.41) is 12.4. The molecule has 0 radical (unpaired) electrons. The molecule has 0 aliphatic heterocycles. The van der Waals surface area contributed by atoms with Gasteiger partial charge in [0, 0.05) is 23.4 Å². The lowest BCUT2D eigenvalue weighted by Gasteiger charge is -2.21. The normalized spacial score (nSPS) is 17.2. The van der Waals surface area contributed by atoms with Gasteiger partial charge in [-0.15, -0.1) is 0 Å². The van der Waals surface area contributed by atoms with E-state index in [1.165, 1.54) is 0 Å². The van der Waals surface area contributed by atoms with Crippen LogP contribution in [0.2, 0.25) is 5.02 Å². The van der Waals surface area contributed by atoms with Crippen molar-refractivity contribution in [2.24, 2.45) is 0 Å². The van der Waals surface area contributed by atoms with E-state index in [1.807, 2.05) is 26.8 Å². The Labute approximate surface area is 123 Å². The summed E-state index contributed by atoms with van der Waals surface area (Å²) in [5.74, 6) is 0. The molecule has 0 saturated heterocycles. The first-order valence-electron chi connectivity index (χ1n) is 6.48. The molecule has 5 heteroatoms. The summed E-state index contributed by atoms with van der Waals surface area (Å²) in [5.41, 5.74) is 2.16. The molecule has 0 bridgehead atoms. The number of nitrogens with one attached hydrogen (secondary N) is 1. The molecule has 2 rings (SSSR count). The Balaban J connectivity index is 2.07. The second-order valence-electron chi connectivity index (χ2n) is 6.01. The molecule has 1 atom stereocenters. The number of alkyl carbamates (subject to hydrolysis) is 1. The predicted molar refractivity (Wildman–Crippen MR) is 76.7 cm³/mol. The van der Waals surface area contributed by atoms with E-state index < -0.39 is 6.09 Å². The van der Waals surface area contributed by atoms with E-state index in [0.717, 1.165) is 11.1 Å². The fourth-order valence-corrected chi connectivity index (χ4v) is 2.57. The molecule has 4 nitrogen and oxygen atoms in total. The smallest absolute Gasteiger partial charge is 0.407 e. The van der Waals surface area contributed by atoms with Crippen molar-refractivity contribution < 1.29 is 9.53 Å². The van der Waals surface area contributed by atoms with E-state index in [9.17, 15) is 4.79 Å². The van der Waals surface area contributed by atoms with Gasteiger partial charge in [-0.2, -0.15) is 5.26 Å². The number of amides is 1. The lowest BCUT2D eigenvalue weighted by molar-refractivity contribution is 0.0961. The Morgan fingerprint density at radius 1 is 1.45 bits per heavy atom. The quantitative estimate of drug-likeness (QED) is 0.864. The van der Waals surface area contributed by atoms with Gasteiger partial charge >= 0.3 is 6.09 Å². The highest BCUT2D eigenvalue weighted by atomic mass is 35.5. The van der Waals surface area contributed by atoms with Crippen LogP contribution < -0.4 is 5.32 Å². The molecule has 0 aromatic heterocycles. The van der Waals surface area contributed by atoms with Crippen LogP contribution in [0, 0.1) is 11.3 Å². The van der Waals surface area contributed by atoms with Gasteiger partial charge in [0.2, 0.25) is 0 Å². The minimum Gasteiger partial charge on any atom is -0.446 e. The van der Waals surface area contributed by atoms with Crippen LogP contribution in [0.15, 0.2) is 12.1 Å². The van der Waals surface area contributed by atoms with Crippen molar-refractivity contribution in [1.82, 2.24) is 5.32 Å². The molecule has 1 N–H and O–H groups in total. The maximum Gasteiger partial charge on any atom is 0.407 e. The van der Waals surface area contributed by atoms with E-state index in [4.69, 9.17) is 21.6 Å². The molecule has 1 aromatic rings. The van der Waals surface area contributed by atoms with Crippen LogP contribution in [0.5, 0.6) is 0 Å². The molecular weight excluding hydrogens is 276 g/mol. The van der Waals surface area contributed by atoms with Crippen LogP contribution in [0.1, 0.15) is 37.5 Å². The predicted octanol–water partition coefficient (Wildman–Crippen LogP) is 3.20. The number of nitriles is 1. The Bertz CT molecular complexity index is 585. The summed E-state index contributed by atoms with van der Waals surface area (Å²) < 4.78 is 5.41. The lowest BCUT2D eigenvalue weighted by Crippen LogP contribution is -2.42. The summed E-state index contributed by atoms with van der Waals surface area (Å²) in [6.45, 7) is 5.68. The van der Waals surface area contributed by atoms with Crippen molar-refractivity contribution in [3.05, 3.63) is 33.8 Å². The third-order valence-electron chi connectivity index (χ3n) is 3.06. The van der Waals surface area contributed by atoms with E-state index in [1.54, 1.807) is 6.07 Å². The molecule has 0 saturated carbocycles. The van der Waals surface area contributed by atoms with Crippen molar-refractivity contribution in [2.45, 2.75) is 45.3 Å². The maximum atomic E-state index is 11.8. The monoisotopic (exact) mass is 292 g/mol. The van der Waals surface area contributed by atoms with Crippen LogP contribution >= 0.6 is 11.6 Å². The molecule has 1 aromatic carbocycles. The van der Waals surface area contributed by atoms with Gasteiger partial charge in [-0.3, -0.25) is 0 Å². The van der Waals surface area contributed by atoms with Crippen molar-refractivity contribution in [1.29, 1.82) is 5.26 Å². The number of hydrogen-bond acceptors (Lipinski definition) is 3. The van der Waals surface area contributed by atoms with Gasteiger partial charge < -0.3 is 10.1 Å². The molecule has 1 amide bonds. The van der Waals surface area contributed by atoms with E-state index in [2.05, 4.69) is 11.4 Å². The zero-order valence-corrected chi connectivity index (χ0v) is 12.5. The van der Waals surface area contributed by atoms with Gasteiger partial charge in [-0.05, 0) is 44.0 Å². The number of rotatable bonds is 1. The summed E-state index contributed by atoms with van der Waals surface area (Å²) in [6.07, 6.45) is 0.493. The van der Waals surface area contributed by atoms with Crippen LogP contribution in [0.4, 0.5) is 4.79 Å². The van der Waals surface area contributed by atoms with Crippen LogP contribution in [0.3, 0.4) is 0 Å². The van der Waals surface area contributed by atoms with Gasteiger partial charge in [-0.25, -0.2) is 4.79 Å². The number of benzene rings is 1. The van der Waals surface area contributed by atoms with Crippen molar-refractivity contribution in [2.75, 3.05) is 0 Å². The first-order chi connectivity index (χ1) is 9.28. The first-order valence-corrected chi connectivity index (χ1v) is 6.86. The number of carbonyl (C=O) groups is 1. The Hall–Kier alpha value is -1.73. The van der Waals surface area contributed by atoms with Crippen LogP contribution in [-0.2, 0) is 17.6 Å². The summed E-state index contributed by atoms with van der Waals surface area (Å²) >= 11 is 5.98. The molecule has 0 fully saturated rings. The molecular formula is C15H17ClN2O2. The van der Waals surface area contributed by atoms with E-state index >= 15 is 0 Å². The molecule has 20 heavy (non-hydrogen) atoms. The summed E-state index contributed by atoms with van der Waals surface area (Å²) in [6, 6.07) is 5.63. The van der Waals surface area contributed by atoms with Crippen molar-refractivity contribution in [3.8, 4) is 6.07 Å². The zero-order valence-electron chi connectivity index (χ0n) is 11.8. The highest BCUT2D eigenvalue weighted by molar-refractivity contribution is 6.30. The lowest BCUT2D eigenvalue weighted by atomic mass is 10.0. The maximum absolute atomic E-state index is 11.8. The number of fused-ring (bicyclic) bond motifs is 1. The topological polar surface area (TPSA) is 62.1 Å². The Morgan fingerprint density at radius 3 is 2.75 bits per heavy atom. The number of carbonyl (C=O) groups excluding carboxylic acids is 1. The molecule has 0 heterocycles.